The fourth-order valence-electron chi connectivity index (χ4n) is 7.41. The normalized spacial score (nSPS) is 13.7. The lowest BCUT2D eigenvalue weighted by Gasteiger charge is -2.18. The molecule has 0 aromatic heterocycles. The number of carbonyl (C=O) groups is 3. The Bertz CT molecular complexity index is 2050. The van der Waals surface area contributed by atoms with Gasteiger partial charge in [0.15, 0.2) is 6.10 Å². The van der Waals surface area contributed by atoms with Crippen LogP contribution in [0.4, 0.5) is 0 Å². The molecule has 0 aromatic carbocycles. The maximum atomic E-state index is 12.9. The summed E-state index contributed by atoms with van der Waals surface area (Å²) in [5, 5.41) is 0. The highest BCUT2D eigenvalue weighted by atomic mass is 16.6. The first-order valence-electron chi connectivity index (χ1n) is 31.2. The van der Waals surface area contributed by atoms with Crippen LogP contribution in [0.2, 0.25) is 0 Å². The highest BCUT2D eigenvalue weighted by Gasteiger charge is 2.19. The summed E-state index contributed by atoms with van der Waals surface area (Å²) in [7, 11) is 0. The minimum atomic E-state index is -0.853. The van der Waals surface area contributed by atoms with E-state index in [0.29, 0.717) is 19.3 Å². The predicted octanol–water partition coefficient (Wildman–Crippen LogP) is 21.8. The highest BCUT2D eigenvalue weighted by molar-refractivity contribution is 5.71. The van der Waals surface area contributed by atoms with Crippen LogP contribution in [0, 0.1) is 0 Å². The van der Waals surface area contributed by atoms with Gasteiger partial charge in [0.05, 0.1) is 0 Å². The van der Waals surface area contributed by atoms with Crippen LogP contribution in [-0.2, 0) is 28.6 Å². The largest absolute Gasteiger partial charge is 0.462 e. The quantitative estimate of drug-likeness (QED) is 0.0261. The van der Waals surface area contributed by atoms with Crippen molar-refractivity contribution in [1.82, 2.24) is 0 Å². The molecule has 0 saturated heterocycles. The molecule has 0 aliphatic heterocycles. The van der Waals surface area contributed by atoms with E-state index in [4.69, 9.17) is 14.2 Å². The molecule has 1 unspecified atom stereocenters. The second kappa shape index (κ2) is 66.2. The Morgan fingerprint density at radius 2 is 0.469 bits per heavy atom. The van der Waals surface area contributed by atoms with Crippen LogP contribution in [0.25, 0.3) is 0 Å². The van der Waals surface area contributed by atoms with E-state index in [1.54, 1.807) is 0 Å². The second-order valence-electron chi connectivity index (χ2n) is 19.5. The van der Waals surface area contributed by atoms with Crippen LogP contribution in [0.15, 0.2) is 219 Å². The number of ether oxygens (including phenoxy) is 3. The Hall–Kier alpha value is -6.27. The van der Waals surface area contributed by atoms with Gasteiger partial charge in [-0.3, -0.25) is 14.4 Å². The van der Waals surface area contributed by atoms with Gasteiger partial charge in [-0.05, 0) is 161 Å². The van der Waals surface area contributed by atoms with Gasteiger partial charge in [-0.2, -0.15) is 0 Å². The van der Waals surface area contributed by atoms with Crippen molar-refractivity contribution in [3.63, 3.8) is 0 Å². The molecule has 0 aliphatic rings. The molecular formula is C75H110O6. The number of hydrogen-bond acceptors (Lipinski definition) is 6. The van der Waals surface area contributed by atoms with Gasteiger partial charge in [0, 0.05) is 19.3 Å². The number of carbonyl (C=O) groups excluding carboxylic acids is 3. The summed E-state index contributed by atoms with van der Waals surface area (Å²) in [5.41, 5.74) is 0. The van der Waals surface area contributed by atoms with E-state index in [2.05, 4.69) is 227 Å². The summed E-state index contributed by atoms with van der Waals surface area (Å²) in [6, 6.07) is 0. The Morgan fingerprint density at radius 3 is 0.778 bits per heavy atom. The Balaban J connectivity index is 4.50. The molecule has 0 radical (unpaired) electrons. The molecule has 1 atom stereocenters. The first kappa shape index (κ1) is 74.7. The van der Waals surface area contributed by atoms with E-state index in [0.717, 1.165) is 154 Å². The van der Waals surface area contributed by atoms with E-state index < -0.39 is 6.10 Å². The molecule has 0 N–H and O–H groups in total. The summed E-state index contributed by atoms with van der Waals surface area (Å²) in [6.45, 7) is 6.14. The Morgan fingerprint density at radius 1 is 0.247 bits per heavy atom. The van der Waals surface area contributed by atoms with Crippen molar-refractivity contribution in [2.24, 2.45) is 0 Å². The van der Waals surface area contributed by atoms with Gasteiger partial charge in [0.25, 0.3) is 0 Å². The third-order valence-corrected chi connectivity index (χ3v) is 12.0. The van der Waals surface area contributed by atoms with Crippen LogP contribution in [0.1, 0.15) is 213 Å². The monoisotopic (exact) mass is 1110 g/mol. The van der Waals surface area contributed by atoms with Crippen LogP contribution in [0.3, 0.4) is 0 Å². The summed E-state index contributed by atoms with van der Waals surface area (Å²) in [5.74, 6) is -1.11. The second-order valence-corrected chi connectivity index (χ2v) is 19.5. The summed E-state index contributed by atoms with van der Waals surface area (Å²) < 4.78 is 16.7. The minimum absolute atomic E-state index is 0.146. The molecule has 0 saturated carbocycles. The number of allylic oxidation sites excluding steroid dienone is 36. The topological polar surface area (TPSA) is 78.9 Å². The van der Waals surface area contributed by atoms with Gasteiger partial charge in [-0.15, -0.1) is 0 Å². The molecule has 81 heavy (non-hydrogen) atoms. The van der Waals surface area contributed by atoms with E-state index in [-0.39, 0.29) is 50.4 Å². The average Bonchev–Trinajstić information content (AvgIpc) is 3.46. The molecule has 6 nitrogen and oxygen atoms in total. The minimum Gasteiger partial charge on any atom is -0.462 e. The maximum absolute atomic E-state index is 12.9. The molecule has 6 heteroatoms. The van der Waals surface area contributed by atoms with Crippen LogP contribution < -0.4 is 0 Å². The first-order valence-corrected chi connectivity index (χ1v) is 31.2. The highest BCUT2D eigenvalue weighted by Crippen LogP contribution is 2.11. The zero-order valence-corrected chi connectivity index (χ0v) is 50.9. The molecule has 0 fully saturated rings. The molecular weight excluding hydrogens is 997 g/mol. The van der Waals surface area contributed by atoms with Crippen LogP contribution in [0.5, 0.6) is 0 Å². The van der Waals surface area contributed by atoms with Gasteiger partial charge >= 0.3 is 17.9 Å². The fraction of sp³-hybridized carbons (Fsp3) is 0.480. The van der Waals surface area contributed by atoms with E-state index >= 15 is 0 Å². The molecule has 0 spiro atoms. The van der Waals surface area contributed by atoms with E-state index in [9.17, 15) is 14.4 Å². The molecule has 0 rings (SSSR count). The van der Waals surface area contributed by atoms with Gasteiger partial charge < -0.3 is 14.2 Å². The van der Waals surface area contributed by atoms with Crippen molar-refractivity contribution in [1.29, 1.82) is 0 Å². The first-order chi connectivity index (χ1) is 40.0. The average molecular weight is 1110 g/mol. The van der Waals surface area contributed by atoms with E-state index in [1.807, 2.05) is 12.2 Å². The standard InChI is InChI=1S/C75H110O6/c1-4-7-10-13-16-19-22-25-27-29-30-31-32-33-34-35-36-37-38-39-40-41-42-43-44-46-47-50-53-56-59-62-65-68-74(77)80-71-72(70-79-73(76)67-64-61-58-55-52-49-24-21-18-15-12-9-6-3)81-75(78)69-66-63-60-57-54-51-48-45-28-26-23-20-17-14-11-8-5-2/h7-12,16-21,25-28,30-31,33-34,36-37,39-40,42-43,46-49,51-53,56,58,61,72H,4-6,13-15,22-24,29,32,35,38,41,44-45,50,54-55,57,59-60,62-71H2,1-3H3/b10-7-,11-8-,12-9-,19-16-,20-17-,21-18-,27-25-,28-26-,31-30-,34-33-,37-36-,40-39-,43-42-,47-46-,51-48-,52-49-,56-53-,61-58-. The number of unbranched alkanes of at least 4 members (excludes halogenated alkanes) is 6. The fourth-order valence-corrected chi connectivity index (χ4v) is 7.41. The lowest BCUT2D eigenvalue weighted by Crippen LogP contribution is -2.30. The smallest absolute Gasteiger partial charge is 0.306 e. The maximum Gasteiger partial charge on any atom is 0.306 e. The van der Waals surface area contributed by atoms with Gasteiger partial charge in [-0.1, -0.05) is 252 Å². The van der Waals surface area contributed by atoms with Crippen molar-refractivity contribution in [2.45, 2.75) is 219 Å². The molecule has 0 bridgehead atoms. The number of rotatable bonds is 53. The van der Waals surface area contributed by atoms with Gasteiger partial charge in [0.1, 0.15) is 13.2 Å². The van der Waals surface area contributed by atoms with Crippen molar-refractivity contribution >= 4 is 17.9 Å². The molecule has 0 aromatic rings. The van der Waals surface area contributed by atoms with Crippen LogP contribution >= 0.6 is 0 Å². The SMILES string of the molecule is CC/C=C\C/C=C\C/C=C\C/C=C\C/C=C\C/C=C\C/C=C\C/C=C\C/C=C\C/C=C\CCCCC(=O)OCC(COC(=O)CC/C=C\C/C=C\C/C=C\C/C=C\CC)OC(=O)CCCCCC/C=C\C/C=C\C/C=C\C/C=C\CC. The van der Waals surface area contributed by atoms with Crippen molar-refractivity contribution in [2.75, 3.05) is 13.2 Å². The third kappa shape index (κ3) is 64.4. The zero-order valence-electron chi connectivity index (χ0n) is 50.9. The summed E-state index contributed by atoms with van der Waals surface area (Å²) >= 11 is 0. The molecule has 0 heterocycles. The third-order valence-electron chi connectivity index (χ3n) is 12.0. The number of hydrogen-bond donors (Lipinski definition) is 0. The molecule has 0 amide bonds. The van der Waals surface area contributed by atoms with Gasteiger partial charge in [-0.25, -0.2) is 0 Å². The summed E-state index contributed by atoms with van der Waals surface area (Å²) in [6.07, 6.45) is 104. The number of esters is 3. The van der Waals surface area contributed by atoms with Crippen molar-refractivity contribution in [3.8, 4) is 0 Å². The molecule has 446 valence electrons. The van der Waals surface area contributed by atoms with Gasteiger partial charge in [0.2, 0.25) is 0 Å². The summed E-state index contributed by atoms with van der Waals surface area (Å²) in [4.78, 5) is 38.2. The molecule has 0 aliphatic carbocycles. The van der Waals surface area contributed by atoms with Crippen molar-refractivity contribution in [3.05, 3.63) is 219 Å². The van der Waals surface area contributed by atoms with Crippen LogP contribution in [-0.4, -0.2) is 37.2 Å². The van der Waals surface area contributed by atoms with E-state index in [1.165, 1.54) is 0 Å². The van der Waals surface area contributed by atoms with Crippen molar-refractivity contribution < 1.29 is 28.6 Å². The lowest BCUT2D eigenvalue weighted by molar-refractivity contribution is -0.166. The Labute approximate surface area is 495 Å². The Kier molecular flexibility index (Phi) is 61.1. The zero-order chi connectivity index (χ0) is 58.5. The lowest BCUT2D eigenvalue weighted by atomic mass is 10.1. The predicted molar refractivity (Wildman–Crippen MR) is 352 cm³/mol.